The fourth-order valence-corrected chi connectivity index (χ4v) is 3.95. The maximum absolute atomic E-state index is 10.5. The molecular formula is C18H32O16. The van der Waals surface area contributed by atoms with E-state index >= 15 is 0 Å². The number of hydrogen-bond acceptors (Lipinski definition) is 16. The van der Waals surface area contributed by atoms with Crippen LogP contribution in [0.15, 0.2) is 0 Å². The Morgan fingerprint density at radius 1 is 0.500 bits per heavy atom. The molecular weight excluding hydrogens is 472 g/mol. The van der Waals surface area contributed by atoms with Crippen molar-refractivity contribution in [2.75, 3.05) is 19.8 Å². The van der Waals surface area contributed by atoms with Gasteiger partial charge in [-0.25, -0.2) is 0 Å². The van der Waals surface area contributed by atoms with E-state index in [0.717, 1.165) is 0 Å². The van der Waals surface area contributed by atoms with E-state index in [0.29, 0.717) is 0 Å². The first kappa shape index (κ1) is 27.9. The highest BCUT2D eigenvalue weighted by atomic mass is 16.7. The molecule has 16 heteroatoms. The Kier molecular flexibility index (Phi) is 9.54. The maximum atomic E-state index is 10.5. The summed E-state index contributed by atoms with van der Waals surface area (Å²) in [6.45, 7) is -2.09. The molecule has 0 aromatic carbocycles. The fraction of sp³-hybridized carbons (Fsp3) is 1.00. The molecule has 0 saturated carbocycles. The van der Waals surface area contributed by atoms with Gasteiger partial charge in [0.05, 0.1) is 19.8 Å². The third-order valence-electron chi connectivity index (χ3n) is 6.07. The van der Waals surface area contributed by atoms with Crippen molar-refractivity contribution in [2.24, 2.45) is 0 Å². The summed E-state index contributed by atoms with van der Waals surface area (Å²) in [7, 11) is 0. The molecule has 16 nitrogen and oxygen atoms in total. The van der Waals surface area contributed by atoms with Crippen molar-refractivity contribution in [3.8, 4) is 0 Å². The Hall–Kier alpha value is -0.640. The van der Waals surface area contributed by atoms with Gasteiger partial charge >= 0.3 is 0 Å². The molecule has 3 fully saturated rings. The minimum Gasteiger partial charge on any atom is -0.394 e. The van der Waals surface area contributed by atoms with Gasteiger partial charge in [0.25, 0.3) is 0 Å². The van der Waals surface area contributed by atoms with E-state index in [9.17, 15) is 56.2 Å². The van der Waals surface area contributed by atoms with Crippen molar-refractivity contribution >= 4 is 0 Å². The first-order valence-electron chi connectivity index (χ1n) is 10.6. The van der Waals surface area contributed by atoms with Gasteiger partial charge in [-0.15, -0.1) is 0 Å². The summed E-state index contributed by atoms with van der Waals surface area (Å²) >= 11 is 0. The zero-order valence-corrected chi connectivity index (χ0v) is 17.7. The van der Waals surface area contributed by atoms with E-state index < -0.39 is 112 Å². The highest BCUT2D eigenvalue weighted by Crippen LogP contribution is 2.30. The van der Waals surface area contributed by atoms with Gasteiger partial charge in [-0.1, -0.05) is 0 Å². The molecule has 0 amide bonds. The van der Waals surface area contributed by atoms with Crippen molar-refractivity contribution in [2.45, 2.75) is 92.1 Å². The van der Waals surface area contributed by atoms with E-state index in [1.54, 1.807) is 0 Å². The summed E-state index contributed by atoms with van der Waals surface area (Å²) in [4.78, 5) is 0. The molecule has 0 bridgehead atoms. The summed E-state index contributed by atoms with van der Waals surface area (Å²) in [5.41, 5.74) is 0. The topological polar surface area (TPSA) is 269 Å². The lowest BCUT2D eigenvalue weighted by molar-refractivity contribution is -0.363. The third kappa shape index (κ3) is 5.52. The van der Waals surface area contributed by atoms with Crippen molar-refractivity contribution < 1.29 is 79.9 Å². The molecule has 0 aliphatic carbocycles. The molecule has 15 atom stereocenters. The number of aliphatic hydroxyl groups is 11. The Labute approximate surface area is 192 Å². The molecule has 0 spiro atoms. The molecule has 0 aromatic heterocycles. The molecule has 0 radical (unpaired) electrons. The highest BCUT2D eigenvalue weighted by molar-refractivity contribution is 4.94. The summed E-state index contributed by atoms with van der Waals surface area (Å²) in [5.74, 6) is 0. The van der Waals surface area contributed by atoms with Gasteiger partial charge in [0.1, 0.15) is 73.2 Å². The standard InChI is InChI=1S/C18H32O16/c19-1-4-7(21)10(24)13(27)18(32-4)34-15-5(2-20)33-17(14(28)11(15)25)30-3-6-8(22)9(23)12(26)16(29)31-6/h4-29H,1-3H2/t4-,5-,6-,7-,8-,9+,10+,11-,12+,13+,14+,15-,16+,17+,18-/m0/s1. The second kappa shape index (κ2) is 11.6. The lowest BCUT2D eigenvalue weighted by Gasteiger charge is -2.46. The molecule has 3 aliphatic rings. The number of rotatable bonds is 7. The third-order valence-corrected chi connectivity index (χ3v) is 6.07. The maximum Gasteiger partial charge on any atom is 0.187 e. The second-order valence-corrected chi connectivity index (χ2v) is 8.37. The Balaban J connectivity index is 1.63. The van der Waals surface area contributed by atoms with Gasteiger partial charge in [-0.3, -0.25) is 0 Å². The molecule has 0 aromatic rings. The predicted octanol–water partition coefficient (Wildman–Crippen LogP) is -7.57. The smallest absolute Gasteiger partial charge is 0.187 e. The van der Waals surface area contributed by atoms with Gasteiger partial charge < -0.3 is 79.9 Å². The number of ether oxygens (including phenoxy) is 5. The largest absolute Gasteiger partial charge is 0.394 e. The monoisotopic (exact) mass is 504 g/mol. The van der Waals surface area contributed by atoms with E-state index in [-0.39, 0.29) is 0 Å². The summed E-state index contributed by atoms with van der Waals surface area (Å²) in [5, 5.41) is 109. The zero-order chi connectivity index (χ0) is 25.3. The van der Waals surface area contributed by atoms with Crippen molar-refractivity contribution in [3.05, 3.63) is 0 Å². The van der Waals surface area contributed by atoms with Crippen LogP contribution in [0.2, 0.25) is 0 Å². The van der Waals surface area contributed by atoms with Crippen LogP contribution in [0.25, 0.3) is 0 Å². The van der Waals surface area contributed by atoms with Crippen LogP contribution in [0.5, 0.6) is 0 Å². The van der Waals surface area contributed by atoms with Gasteiger partial charge in [-0.2, -0.15) is 0 Å². The molecule has 11 N–H and O–H groups in total. The summed E-state index contributed by atoms with van der Waals surface area (Å²) < 4.78 is 26.2. The molecule has 200 valence electrons. The SMILES string of the molecule is OC[C@@H]1O[C@@H](O[C@@H]2[C@@H](O)[C@@H](O)[C@H](OC[C@@H]3O[C@@H](O)[C@H](O)[C@H](O)[C@H]3O)O[C@H]2CO)[C@H](O)[C@H](O)[C@H]1O. The minimum atomic E-state index is -1.82. The van der Waals surface area contributed by atoms with Crippen molar-refractivity contribution in [1.82, 2.24) is 0 Å². The van der Waals surface area contributed by atoms with Crippen LogP contribution in [-0.4, -0.2) is 168 Å². The van der Waals surface area contributed by atoms with Crippen LogP contribution < -0.4 is 0 Å². The van der Waals surface area contributed by atoms with Crippen LogP contribution in [0, 0.1) is 0 Å². The number of aliphatic hydroxyl groups excluding tert-OH is 11. The van der Waals surface area contributed by atoms with Gasteiger partial charge in [0.2, 0.25) is 0 Å². The molecule has 3 rings (SSSR count). The van der Waals surface area contributed by atoms with Crippen molar-refractivity contribution in [1.29, 1.82) is 0 Å². The minimum absolute atomic E-state index is 0.577. The van der Waals surface area contributed by atoms with Crippen LogP contribution in [0.4, 0.5) is 0 Å². The average molecular weight is 504 g/mol. The zero-order valence-electron chi connectivity index (χ0n) is 17.7. The second-order valence-electron chi connectivity index (χ2n) is 8.37. The quantitative estimate of drug-likeness (QED) is 0.154. The van der Waals surface area contributed by atoms with Crippen molar-refractivity contribution in [3.63, 3.8) is 0 Å². The predicted molar refractivity (Wildman–Crippen MR) is 101 cm³/mol. The van der Waals surface area contributed by atoms with Gasteiger partial charge in [0, 0.05) is 0 Å². The van der Waals surface area contributed by atoms with Crippen LogP contribution >= 0.6 is 0 Å². The van der Waals surface area contributed by atoms with Gasteiger partial charge in [-0.05, 0) is 0 Å². The molecule has 3 saturated heterocycles. The van der Waals surface area contributed by atoms with Crippen LogP contribution in [0.3, 0.4) is 0 Å². The van der Waals surface area contributed by atoms with Crippen LogP contribution in [-0.2, 0) is 23.7 Å². The van der Waals surface area contributed by atoms with E-state index in [1.165, 1.54) is 0 Å². The molecule has 3 aliphatic heterocycles. The molecule has 3 heterocycles. The Bertz CT molecular complexity index is 637. The van der Waals surface area contributed by atoms with E-state index in [1.807, 2.05) is 0 Å². The molecule has 0 unspecified atom stereocenters. The lowest BCUT2D eigenvalue weighted by atomic mass is 9.97. The fourth-order valence-electron chi connectivity index (χ4n) is 3.95. The first-order valence-corrected chi connectivity index (χ1v) is 10.6. The van der Waals surface area contributed by atoms with E-state index in [2.05, 4.69) is 0 Å². The van der Waals surface area contributed by atoms with E-state index in [4.69, 9.17) is 23.7 Å². The number of hydrogen-bond donors (Lipinski definition) is 11. The normalized spacial score (nSPS) is 52.5. The van der Waals surface area contributed by atoms with Gasteiger partial charge in [0.15, 0.2) is 18.9 Å². The molecule has 34 heavy (non-hydrogen) atoms. The summed E-state index contributed by atoms with van der Waals surface area (Å²) in [6, 6.07) is 0. The highest BCUT2D eigenvalue weighted by Gasteiger charge is 2.51. The Morgan fingerprint density at radius 3 is 1.65 bits per heavy atom. The summed E-state index contributed by atoms with van der Waals surface area (Å²) in [6.07, 6.45) is -24.7. The lowest BCUT2D eigenvalue weighted by Crippen LogP contribution is -2.65. The van der Waals surface area contributed by atoms with Crippen LogP contribution in [0.1, 0.15) is 0 Å². The Morgan fingerprint density at radius 2 is 1.03 bits per heavy atom. The average Bonchev–Trinajstić information content (AvgIpc) is 2.83. The first-order chi connectivity index (χ1) is 16.0.